The molecule has 1 aromatic heterocycles. The van der Waals surface area contributed by atoms with Gasteiger partial charge in [0.1, 0.15) is 0 Å². The third-order valence-electron chi connectivity index (χ3n) is 3.38. The van der Waals surface area contributed by atoms with Gasteiger partial charge in [-0.15, -0.1) is 23.7 Å². The molecule has 3 N–H and O–H groups in total. The third kappa shape index (κ3) is 6.30. The molecule has 0 fully saturated rings. The van der Waals surface area contributed by atoms with Crippen LogP contribution < -0.4 is 11.1 Å². The predicted molar refractivity (Wildman–Crippen MR) is 95.1 cm³/mol. The van der Waals surface area contributed by atoms with Crippen molar-refractivity contribution in [1.82, 2.24) is 4.98 Å². The Morgan fingerprint density at radius 2 is 1.96 bits per heavy atom. The summed E-state index contributed by atoms with van der Waals surface area (Å²) < 4.78 is 37.6. The van der Waals surface area contributed by atoms with E-state index in [9.17, 15) is 18.0 Å². The molecule has 1 heterocycles. The largest absolute Gasteiger partial charge is 0.416 e. The molecular weight excluding hydrogens is 375 g/mol. The van der Waals surface area contributed by atoms with Crippen molar-refractivity contribution in [1.29, 1.82) is 0 Å². The maximum atomic E-state index is 12.5. The summed E-state index contributed by atoms with van der Waals surface area (Å²) >= 11 is 1.28. The van der Waals surface area contributed by atoms with Gasteiger partial charge in [-0.05, 0) is 24.1 Å². The zero-order valence-electron chi connectivity index (χ0n) is 13.5. The van der Waals surface area contributed by atoms with E-state index in [1.165, 1.54) is 23.5 Å². The molecule has 0 saturated heterocycles. The predicted octanol–water partition coefficient (Wildman–Crippen LogP) is 4.24. The number of carbonyl (C=O) groups is 1. The molecule has 4 nitrogen and oxygen atoms in total. The number of alkyl halides is 3. The molecule has 1 amide bonds. The number of halogens is 4. The van der Waals surface area contributed by atoms with Crippen molar-refractivity contribution < 1.29 is 18.0 Å². The number of benzene rings is 1. The fraction of sp³-hybridized carbons (Fsp3) is 0.375. The van der Waals surface area contributed by atoms with E-state index in [2.05, 4.69) is 10.3 Å². The van der Waals surface area contributed by atoms with Gasteiger partial charge in [0.2, 0.25) is 5.91 Å². The van der Waals surface area contributed by atoms with Gasteiger partial charge >= 0.3 is 6.18 Å². The third-order valence-corrected chi connectivity index (χ3v) is 4.29. The van der Waals surface area contributed by atoms with Gasteiger partial charge in [0.05, 0.1) is 11.6 Å². The van der Waals surface area contributed by atoms with Gasteiger partial charge in [-0.2, -0.15) is 13.2 Å². The first-order chi connectivity index (χ1) is 11.3. The highest BCUT2D eigenvalue weighted by molar-refractivity contribution is 7.15. The maximum absolute atomic E-state index is 12.5. The van der Waals surface area contributed by atoms with Crippen LogP contribution in [0.5, 0.6) is 0 Å². The fourth-order valence-electron chi connectivity index (χ4n) is 2.10. The number of rotatable bonds is 6. The van der Waals surface area contributed by atoms with Crippen molar-refractivity contribution in [3.05, 3.63) is 46.5 Å². The molecule has 138 valence electrons. The van der Waals surface area contributed by atoms with Gasteiger partial charge in [-0.25, -0.2) is 4.98 Å². The van der Waals surface area contributed by atoms with E-state index >= 15 is 0 Å². The van der Waals surface area contributed by atoms with Crippen molar-refractivity contribution in [2.24, 2.45) is 5.73 Å². The second-order valence-electron chi connectivity index (χ2n) is 5.39. The Morgan fingerprint density at radius 3 is 2.52 bits per heavy atom. The Labute approximate surface area is 154 Å². The fourth-order valence-corrected chi connectivity index (χ4v) is 2.95. The number of aromatic nitrogens is 1. The molecule has 25 heavy (non-hydrogen) atoms. The number of hydrogen-bond donors (Lipinski definition) is 2. The minimum Gasteiger partial charge on any atom is -0.320 e. The van der Waals surface area contributed by atoms with Crippen LogP contribution in [0.4, 0.5) is 18.3 Å². The second kappa shape index (κ2) is 9.17. The molecule has 0 aliphatic rings. The molecule has 1 aromatic carbocycles. The van der Waals surface area contributed by atoms with E-state index in [4.69, 9.17) is 5.73 Å². The molecule has 0 aliphatic heterocycles. The minimum atomic E-state index is -4.34. The molecular formula is C16H19ClF3N3OS. The van der Waals surface area contributed by atoms with Gasteiger partial charge in [-0.3, -0.25) is 4.79 Å². The van der Waals surface area contributed by atoms with E-state index < -0.39 is 17.8 Å². The van der Waals surface area contributed by atoms with Crippen LogP contribution in [0.15, 0.2) is 30.5 Å². The highest BCUT2D eigenvalue weighted by Gasteiger charge is 2.29. The van der Waals surface area contributed by atoms with Crippen LogP contribution >= 0.6 is 23.7 Å². The Balaban J connectivity index is 0.00000312. The quantitative estimate of drug-likeness (QED) is 0.771. The average Bonchev–Trinajstić information content (AvgIpc) is 2.94. The van der Waals surface area contributed by atoms with Gasteiger partial charge in [0, 0.05) is 17.5 Å². The van der Waals surface area contributed by atoms with E-state index in [-0.39, 0.29) is 18.3 Å². The van der Waals surface area contributed by atoms with Crippen LogP contribution in [0.2, 0.25) is 0 Å². The van der Waals surface area contributed by atoms with E-state index in [1.807, 2.05) is 6.92 Å². The summed E-state index contributed by atoms with van der Waals surface area (Å²) in [5.74, 6) is -0.285. The topological polar surface area (TPSA) is 68.0 Å². The lowest BCUT2D eigenvalue weighted by molar-refractivity contribution is -0.137. The summed E-state index contributed by atoms with van der Waals surface area (Å²) in [5, 5.41) is 3.09. The van der Waals surface area contributed by atoms with Gasteiger partial charge in [0.25, 0.3) is 0 Å². The maximum Gasteiger partial charge on any atom is 0.416 e. The summed E-state index contributed by atoms with van der Waals surface area (Å²) in [7, 11) is 0. The standard InChI is InChI=1S/C16H18F3N3OS.ClH/c1-2-3-13(20)14(23)22-15-21-9-12(24-15)8-10-4-6-11(7-5-10)16(17,18)19;/h4-7,9,13H,2-3,8,20H2,1H3,(H,21,22,23);1H. The monoisotopic (exact) mass is 393 g/mol. The van der Waals surface area contributed by atoms with Crippen molar-refractivity contribution in [3.8, 4) is 0 Å². The number of nitrogens with one attached hydrogen (secondary N) is 1. The van der Waals surface area contributed by atoms with Gasteiger partial charge in [-0.1, -0.05) is 25.5 Å². The number of hydrogen-bond acceptors (Lipinski definition) is 4. The Hall–Kier alpha value is -1.64. The van der Waals surface area contributed by atoms with Crippen LogP contribution in [0.25, 0.3) is 0 Å². The lowest BCUT2D eigenvalue weighted by atomic mass is 10.1. The van der Waals surface area contributed by atoms with Crippen LogP contribution in [0, 0.1) is 0 Å². The number of thiazole rings is 1. The SMILES string of the molecule is CCCC(N)C(=O)Nc1ncc(Cc2ccc(C(F)(F)F)cc2)s1.Cl. The summed E-state index contributed by atoms with van der Waals surface area (Å²) in [6.45, 7) is 1.94. The van der Waals surface area contributed by atoms with Crippen molar-refractivity contribution in [2.75, 3.05) is 5.32 Å². The Kier molecular flexibility index (Phi) is 7.85. The first kappa shape index (κ1) is 21.4. The number of nitrogens with zero attached hydrogens (tertiary/aromatic N) is 1. The summed E-state index contributed by atoms with van der Waals surface area (Å²) in [4.78, 5) is 16.8. The minimum absolute atomic E-state index is 0. The molecule has 2 rings (SSSR count). The van der Waals surface area contributed by atoms with Crippen LogP contribution in [-0.4, -0.2) is 16.9 Å². The number of carbonyl (C=O) groups excluding carboxylic acids is 1. The normalized spacial score (nSPS) is 12.4. The first-order valence-electron chi connectivity index (χ1n) is 7.47. The van der Waals surface area contributed by atoms with Gasteiger partial charge < -0.3 is 11.1 Å². The number of nitrogens with two attached hydrogens (primary N) is 1. The number of anilines is 1. The molecule has 0 radical (unpaired) electrons. The lowest BCUT2D eigenvalue weighted by Crippen LogP contribution is -2.35. The molecule has 0 aliphatic carbocycles. The molecule has 0 saturated carbocycles. The molecule has 1 unspecified atom stereocenters. The van der Waals surface area contributed by atoms with E-state index in [0.29, 0.717) is 18.0 Å². The van der Waals surface area contributed by atoms with Crippen LogP contribution in [0.1, 0.15) is 35.8 Å². The van der Waals surface area contributed by atoms with Crippen LogP contribution in [-0.2, 0) is 17.4 Å². The zero-order valence-corrected chi connectivity index (χ0v) is 15.1. The highest BCUT2D eigenvalue weighted by Crippen LogP contribution is 2.29. The van der Waals surface area contributed by atoms with Crippen molar-refractivity contribution in [2.45, 2.75) is 38.4 Å². The smallest absolute Gasteiger partial charge is 0.320 e. The second-order valence-corrected chi connectivity index (χ2v) is 6.50. The Morgan fingerprint density at radius 1 is 1.32 bits per heavy atom. The summed E-state index contributed by atoms with van der Waals surface area (Å²) in [6.07, 6.45) is -0.880. The molecule has 0 spiro atoms. The van der Waals surface area contributed by atoms with Crippen molar-refractivity contribution >= 4 is 34.8 Å². The molecule has 2 aromatic rings. The van der Waals surface area contributed by atoms with Crippen LogP contribution in [0.3, 0.4) is 0 Å². The van der Waals surface area contributed by atoms with E-state index in [1.54, 1.807) is 6.20 Å². The average molecular weight is 394 g/mol. The summed E-state index contributed by atoms with van der Waals surface area (Å²) in [6, 6.07) is 4.43. The first-order valence-corrected chi connectivity index (χ1v) is 8.28. The molecule has 1 atom stereocenters. The van der Waals surface area contributed by atoms with E-state index in [0.717, 1.165) is 29.0 Å². The van der Waals surface area contributed by atoms with Crippen molar-refractivity contribution in [3.63, 3.8) is 0 Å². The lowest BCUT2D eigenvalue weighted by Gasteiger charge is -2.08. The number of amides is 1. The van der Waals surface area contributed by atoms with Gasteiger partial charge in [0.15, 0.2) is 5.13 Å². The molecule has 0 bridgehead atoms. The summed E-state index contributed by atoms with van der Waals surface area (Å²) in [5.41, 5.74) is 5.80. The molecule has 9 heteroatoms. The Bertz CT molecular complexity index is 689. The zero-order chi connectivity index (χ0) is 17.7. The highest BCUT2D eigenvalue weighted by atomic mass is 35.5.